The molecule has 0 amide bonds. The van der Waals surface area contributed by atoms with Gasteiger partial charge >= 0.3 is 0 Å². The minimum atomic E-state index is -0.0195. The molecule has 6 heteroatoms. The summed E-state index contributed by atoms with van der Waals surface area (Å²) in [4.78, 5) is 17.8. The van der Waals surface area contributed by atoms with Gasteiger partial charge in [-0.2, -0.15) is 11.8 Å². The number of aliphatic hydroxyl groups is 1. The number of furan rings is 1. The molecular weight excluding hydrogens is 350 g/mol. The number of hydrogen-bond donors (Lipinski definition) is 1. The van der Waals surface area contributed by atoms with Gasteiger partial charge in [0, 0.05) is 18.1 Å². The first-order valence-corrected chi connectivity index (χ1v) is 10.4. The summed E-state index contributed by atoms with van der Waals surface area (Å²) in [6.45, 7) is 6.48. The van der Waals surface area contributed by atoms with E-state index in [0.717, 1.165) is 24.4 Å². The van der Waals surface area contributed by atoms with Gasteiger partial charge in [-0.05, 0) is 37.8 Å². The number of nitrogens with zero attached hydrogens (tertiary/aromatic N) is 1. The number of ketones is 1. The zero-order valence-electron chi connectivity index (χ0n) is 15.9. The molecule has 144 valence electrons. The van der Waals surface area contributed by atoms with Crippen molar-refractivity contribution in [1.82, 2.24) is 0 Å². The average Bonchev–Trinajstić information content (AvgIpc) is 3.10. The molecule has 0 radical (unpaired) electrons. The minimum Gasteiger partial charge on any atom is -0.511 e. The third kappa shape index (κ3) is 5.94. The van der Waals surface area contributed by atoms with Crippen molar-refractivity contribution in [2.45, 2.75) is 63.9 Å². The number of Topliss-reactive ketones (excluding diaryl/α,β-unsaturated/α-hetero) is 1. The van der Waals surface area contributed by atoms with Crippen LogP contribution < -0.4 is 0 Å². The topological polar surface area (TPSA) is 72.0 Å². The van der Waals surface area contributed by atoms with Gasteiger partial charge in [0.05, 0.1) is 23.3 Å². The van der Waals surface area contributed by atoms with E-state index in [1.54, 1.807) is 6.26 Å². The molecular formula is C20H29NO4S. The van der Waals surface area contributed by atoms with E-state index in [1.165, 1.54) is 0 Å². The Morgan fingerprint density at radius 3 is 2.88 bits per heavy atom. The van der Waals surface area contributed by atoms with Crippen LogP contribution in [-0.2, 0) is 15.4 Å². The van der Waals surface area contributed by atoms with Gasteiger partial charge in [0.25, 0.3) is 0 Å². The lowest BCUT2D eigenvalue weighted by Crippen LogP contribution is -2.26. The Kier molecular flexibility index (Phi) is 8.29. The molecule has 0 saturated carbocycles. The summed E-state index contributed by atoms with van der Waals surface area (Å²) >= 11 is 1.81. The number of rotatable bonds is 10. The Hall–Kier alpha value is -1.69. The van der Waals surface area contributed by atoms with E-state index in [2.05, 4.69) is 12.1 Å². The fourth-order valence-electron chi connectivity index (χ4n) is 3.22. The highest BCUT2D eigenvalue weighted by molar-refractivity contribution is 7.99. The highest BCUT2D eigenvalue weighted by Crippen LogP contribution is 2.33. The van der Waals surface area contributed by atoms with Crippen LogP contribution in [0.3, 0.4) is 0 Å². The maximum atomic E-state index is 12.6. The summed E-state index contributed by atoms with van der Waals surface area (Å²) in [5.41, 5.74) is 0.961. The molecule has 0 spiro atoms. The van der Waals surface area contributed by atoms with E-state index < -0.39 is 0 Å². The van der Waals surface area contributed by atoms with Gasteiger partial charge in [-0.15, -0.1) is 0 Å². The maximum Gasteiger partial charge on any atom is 0.168 e. The maximum absolute atomic E-state index is 12.6. The van der Waals surface area contributed by atoms with Crippen molar-refractivity contribution in [3.05, 3.63) is 35.5 Å². The van der Waals surface area contributed by atoms with Gasteiger partial charge in [-0.1, -0.05) is 25.4 Å². The summed E-state index contributed by atoms with van der Waals surface area (Å²) in [5.74, 6) is 2.10. The number of allylic oxidation sites excluding steroid dienone is 2. The Morgan fingerprint density at radius 1 is 1.46 bits per heavy atom. The molecule has 0 saturated heterocycles. The standard InChI is InChI=1S/C20H29NO4S/c1-4-7-17(21-25-5-2)20-18(22)11-15(12-19(20)23)10-14(3)26-13-16-8-6-9-24-16/h6,8-9,14-15,22H,4-5,7,10-13H2,1-3H3/b21-17-. The Balaban J connectivity index is 1.96. The first kappa shape index (κ1) is 20.6. The van der Waals surface area contributed by atoms with E-state index in [0.29, 0.717) is 42.4 Å². The Labute approximate surface area is 159 Å². The van der Waals surface area contributed by atoms with Crippen LogP contribution in [0.5, 0.6) is 0 Å². The van der Waals surface area contributed by atoms with Crippen LogP contribution in [0.25, 0.3) is 0 Å². The molecule has 2 atom stereocenters. The highest BCUT2D eigenvalue weighted by atomic mass is 32.2. The van der Waals surface area contributed by atoms with Crippen molar-refractivity contribution in [2.24, 2.45) is 11.1 Å². The highest BCUT2D eigenvalue weighted by Gasteiger charge is 2.31. The predicted octanol–water partition coefficient (Wildman–Crippen LogP) is 5.28. The third-order valence-corrected chi connectivity index (χ3v) is 5.57. The summed E-state index contributed by atoms with van der Waals surface area (Å²) in [5, 5.41) is 15.0. The second-order valence-corrected chi connectivity index (χ2v) is 8.09. The van der Waals surface area contributed by atoms with Gasteiger partial charge in [-0.3, -0.25) is 4.79 Å². The van der Waals surface area contributed by atoms with Crippen LogP contribution >= 0.6 is 11.8 Å². The van der Waals surface area contributed by atoms with E-state index in [1.807, 2.05) is 37.7 Å². The van der Waals surface area contributed by atoms with Crippen LogP contribution in [0, 0.1) is 5.92 Å². The molecule has 0 fully saturated rings. The monoisotopic (exact) mass is 379 g/mol. The van der Waals surface area contributed by atoms with Crippen LogP contribution in [0.1, 0.15) is 58.6 Å². The van der Waals surface area contributed by atoms with Crippen LogP contribution in [-0.4, -0.2) is 28.5 Å². The summed E-state index contributed by atoms with van der Waals surface area (Å²) in [6.07, 6.45) is 5.04. The zero-order chi connectivity index (χ0) is 18.9. The van der Waals surface area contributed by atoms with Crippen LogP contribution in [0.4, 0.5) is 0 Å². The van der Waals surface area contributed by atoms with Crippen molar-refractivity contribution in [1.29, 1.82) is 0 Å². The molecule has 2 rings (SSSR count). The Bertz CT molecular complexity index is 636. The predicted molar refractivity (Wildman–Crippen MR) is 105 cm³/mol. The molecule has 1 heterocycles. The fraction of sp³-hybridized carbons (Fsp3) is 0.600. The van der Waals surface area contributed by atoms with Gasteiger partial charge < -0.3 is 14.4 Å². The number of hydrogen-bond acceptors (Lipinski definition) is 6. The van der Waals surface area contributed by atoms with Crippen molar-refractivity contribution in [3.63, 3.8) is 0 Å². The van der Waals surface area contributed by atoms with Crippen LogP contribution in [0.15, 0.2) is 39.3 Å². The SMILES string of the molecule is CCC/C(=N/OCC)C1=C(O)CC(CC(C)SCc2ccco2)CC1=O. The molecule has 1 aliphatic carbocycles. The number of carbonyl (C=O) groups excluding carboxylic acids is 1. The molecule has 1 aromatic heterocycles. The van der Waals surface area contributed by atoms with Gasteiger partial charge in [0.15, 0.2) is 5.78 Å². The summed E-state index contributed by atoms with van der Waals surface area (Å²) < 4.78 is 5.36. The summed E-state index contributed by atoms with van der Waals surface area (Å²) in [7, 11) is 0. The number of thioether (sulfide) groups is 1. The van der Waals surface area contributed by atoms with Crippen LogP contribution in [0.2, 0.25) is 0 Å². The van der Waals surface area contributed by atoms with E-state index >= 15 is 0 Å². The van der Waals surface area contributed by atoms with Crippen molar-refractivity contribution in [2.75, 3.05) is 6.61 Å². The number of oxime groups is 1. The molecule has 1 aliphatic rings. The lowest BCUT2D eigenvalue weighted by molar-refractivity contribution is -0.116. The number of carbonyl (C=O) groups is 1. The lowest BCUT2D eigenvalue weighted by atomic mass is 9.82. The molecule has 26 heavy (non-hydrogen) atoms. The van der Waals surface area contributed by atoms with E-state index in [-0.39, 0.29) is 17.5 Å². The molecule has 1 aromatic rings. The normalized spacial score (nSPS) is 19.7. The lowest BCUT2D eigenvalue weighted by Gasteiger charge is -2.26. The van der Waals surface area contributed by atoms with Gasteiger partial charge in [0.2, 0.25) is 0 Å². The quantitative estimate of drug-likeness (QED) is 0.442. The van der Waals surface area contributed by atoms with Gasteiger partial charge in [0.1, 0.15) is 18.1 Å². The Morgan fingerprint density at radius 2 is 2.27 bits per heavy atom. The molecule has 0 aliphatic heterocycles. The smallest absolute Gasteiger partial charge is 0.168 e. The molecule has 5 nitrogen and oxygen atoms in total. The molecule has 0 bridgehead atoms. The van der Waals surface area contributed by atoms with Crippen molar-refractivity contribution >= 4 is 23.3 Å². The second-order valence-electron chi connectivity index (χ2n) is 6.66. The molecule has 2 unspecified atom stereocenters. The average molecular weight is 380 g/mol. The minimum absolute atomic E-state index is 0.0195. The first-order chi connectivity index (χ1) is 12.5. The van der Waals surface area contributed by atoms with E-state index in [9.17, 15) is 9.90 Å². The van der Waals surface area contributed by atoms with Crippen molar-refractivity contribution in [3.8, 4) is 0 Å². The third-order valence-electron chi connectivity index (χ3n) is 4.36. The second kappa shape index (κ2) is 10.5. The summed E-state index contributed by atoms with van der Waals surface area (Å²) in [6, 6.07) is 3.86. The van der Waals surface area contributed by atoms with Crippen molar-refractivity contribution < 1.29 is 19.2 Å². The first-order valence-electron chi connectivity index (χ1n) is 9.33. The number of aliphatic hydroxyl groups excluding tert-OH is 1. The zero-order valence-corrected chi connectivity index (χ0v) is 16.7. The molecule has 1 N–H and O–H groups in total. The van der Waals surface area contributed by atoms with Gasteiger partial charge in [-0.25, -0.2) is 0 Å². The largest absolute Gasteiger partial charge is 0.511 e. The molecule has 0 aromatic carbocycles. The fourth-order valence-corrected chi connectivity index (χ4v) is 4.24. The van der Waals surface area contributed by atoms with E-state index in [4.69, 9.17) is 9.25 Å².